The van der Waals surface area contributed by atoms with Crippen LogP contribution in [0.4, 0.5) is 13.6 Å². The van der Waals surface area contributed by atoms with E-state index in [1.807, 2.05) is 0 Å². The minimum Gasteiger partial charge on any atom is -0.447 e. The molecule has 1 rings (SSSR count). The third kappa shape index (κ3) is 1.79. The molecule has 1 unspecified atom stereocenters. The van der Waals surface area contributed by atoms with Gasteiger partial charge >= 0.3 is 6.09 Å². The van der Waals surface area contributed by atoms with E-state index in [4.69, 9.17) is 0 Å². The molecule has 1 heterocycles. The van der Waals surface area contributed by atoms with Crippen molar-refractivity contribution in [3.63, 3.8) is 0 Å². The average molecular weight is 191 g/mol. The van der Waals surface area contributed by atoms with Crippen molar-refractivity contribution >= 4 is 6.09 Å². The summed E-state index contributed by atoms with van der Waals surface area (Å²) in [7, 11) is 0. The molecule has 74 valence electrons. The molecule has 0 radical (unpaired) electrons. The number of ether oxygens (including phenoxy) is 1. The van der Waals surface area contributed by atoms with E-state index in [0.29, 0.717) is 5.70 Å². The van der Waals surface area contributed by atoms with Gasteiger partial charge in [-0.2, -0.15) is 0 Å². The molecule has 1 aliphatic heterocycles. The largest absolute Gasteiger partial charge is 0.447 e. The number of nitrogens with zero attached hydrogens (tertiary/aromatic N) is 1. The highest BCUT2D eigenvalue weighted by Gasteiger charge is 2.39. The first kappa shape index (κ1) is 9.95. The van der Waals surface area contributed by atoms with Crippen LogP contribution in [-0.2, 0) is 4.74 Å². The van der Waals surface area contributed by atoms with Gasteiger partial charge in [-0.05, 0) is 13.8 Å². The van der Waals surface area contributed by atoms with Crippen molar-refractivity contribution < 1.29 is 18.3 Å². The zero-order valence-electron chi connectivity index (χ0n) is 7.46. The van der Waals surface area contributed by atoms with Gasteiger partial charge in [-0.25, -0.2) is 13.6 Å². The van der Waals surface area contributed by atoms with Crippen molar-refractivity contribution in [1.29, 1.82) is 0 Å². The molecule has 1 atom stereocenters. The predicted octanol–water partition coefficient (Wildman–Crippen LogP) is 2.00. The molecular weight excluding hydrogens is 180 g/mol. The lowest BCUT2D eigenvalue weighted by atomic mass is 10.2. The van der Waals surface area contributed by atoms with Gasteiger partial charge < -0.3 is 4.74 Å². The average Bonchev–Trinajstić information content (AvgIpc) is 2.46. The second-order valence-corrected chi connectivity index (χ2v) is 2.78. The second kappa shape index (κ2) is 3.72. The molecule has 0 spiro atoms. The van der Waals surface area contributed by atoms with Gasteiger partial charge in [0.2, 0.25) is 0 Å². The van der Waals surface area contributed by atoms with Crippen LogP contribution >= 0.6 is 0 Å². The smallest absolute Gasteiger partial charge is 0.414 e. The predicted molar refractivity (Wildman–Crippen MR) is 42.4 cm³/mol. The molecule has 0 aromatic heterocycles. The van der Waals surface area contributed by atoms with Gasteiger partial charge in [0.15, 0.2) is 0 Å². The SMILES string of the molecule is C/C=C(\C)N1C(=O)OCC1C(F)F. The molecule has 0 bridgehead atoms. The summed E-state index contributed by atoms with van der Waals surface area (Å²) >= 11 is 0. The number of allylic oxidation sites excluding steroid dienone is 2. The molecule has 0 aromatic carbocycles. The summed E-state index contributed by atoms with van der Waals surface area (Å²) < 4.78 is 29.2. The lowest BCUT2D eigenvalue weighted by Gasteiger charge is -2.20. The van der Waals surface area contributed by atoms with Crippen LogP contribution in [0.3, 0.4) is 0 Å². The van der Waals surface area contributed by atoms with Crippen molar-refractivity contribution in [3.8, 4) is 0 Å². The summed E-state index contributed by atoms with van der Waals surface area (Å²) in [5.74, 6) is 0. The van der Waals surface area contributed by atoms with Crippen LogP contribution in [0.25, 0.3) is 0 Å². The Bertz CT molecular complexity index is 240. The third-order valence-corrected chi connectivity index (χ3v) is 1.99. The Morgan fingerprint density at radius 1 is 1.77 bits per heavy atom. The first-order chi connectivity index (χ1) is 6.07. The van der Waals surface area contributed by atoms with E-state index in [0.717, 1.165) is 4.90 Å². The number of hydrogen-bond donors (Lipinski definition) is 0. The van der Waals surface area contributed by atoms with Gasteiger partial charge in [0.1, 0.15) is 12.6 Å². The second-order valence-electron chi connectivity index (χ2n) is 2.78. The molecule has 0 saturated carbocycles. The molecule has 0 N–H and O–H groups in total. The van der Waals surface area contributed by atoms with Gasteiger partial charge in [-0.3, -0.25) is 4.90 Å². The van der Waals surface area contributed by atoms with Gasteiger partial charge in [-0.1, -0.05) is 6.08 Å². The molecule has 1 fully saturated rings. The van der Waals surface area contributed by atoms with Crippen molar-refractivity contribution in [3.05, 3.63) is 11.8 Å². The van der Waals surface area contributed by atoms with Crippen LogP contribution in [0.2, 0.25) is 0 Å². The van der Waals surface area contributed by atoms with Crippen molar-refractivity contribution in [1.82, 2.24) is 4.90 Å². The summed E-state index contributed by atoms with van der Waals surface area (Å²) in [6.07, 6.45) is -1.66. The van der Waals surface area contributed by atoms with Crippen molar-refractivity contribution in [2.24, 2.45) is 0 Å². The van der Waals surface area contributed by atoms with Crippen LogP contribution in [0.1, 0.15) is 13.8 Å². The first-order valence-corrected chi connectivity index (χ1v) is 3.95. The topological polar surface area (TPSA) is 29.5 Å². The fraction of sp³-hybridized carbons (Fsp3) is 0.625. The van der Waals surface area contributed by atoms with Crippen LogP contribution in [0.5, 0.6) is 0 Å². The minimum absolute atomic E-state index is 0.234. The van der Waals surface area contributed by atoms with E-state index in [-0.39, 0.29) is 6.61 Å². The molecule has 1 amide bonds. The first-order valence-electron chi connectivity index (χ1n) is 3.95. The van der Waals surface area contributed by atoms with E-state index in [1.54, 1.807) is 19.9 Å². The molecule has 5 heteroatoms. The molecular formula is C8H11F2NO2. The maximum absolute atomic E-state index is 12.4. The van der Waals surface area contributed by atoms with Crippen LogP contribution in [0, 0.1) is 0 Å². The fourth-order valence-corrected chi connectivity index (χ4v) is 1.17. The standard InChI is InChI=1S/C8H11F2NO2/c1-3-5(2)11-6(7(9)10)4-13-8(11)12/h3,6-7H,4H2,1-2H3/b5-3+. The lowest BCUT2D eigenvalue weighted by molar-refractivity contribution is 0.0700. The van der Waals surface area contributed by atoms with Gasteiger partial charge in [0, 0.05) is 5.70 Å². The highest BCUT2D eigenvalue weighted by Crippen LogP contribution is 2.22. The summed E-state index contributed by atoms with van der Waals surface area (Å²) in [5.41, 5.74) is 0.493. The maximum Gasteiger partial charge on any atom is 0.414 e. The highest BCUT2D eigenvalue weighted by molar-refractivity contribution is 5.72. The number of cyclic esters (lactones) is 1. The molecule has 1 saturated heterocycles. The van der Waals surface area contributed by atoms with Gasteiger partial charge in [0.05, 0.1) is 0 Å². The number of carbonyl (C=O) groups excluding carboxylic acids is 1. The fourth-order valence-electron chi connectivity index (χ4n) is 1.17. The zero-order chi connectivity index (χ0) is 10.0. The monoisotopic (exact) mass is 191 g/mol. The quantitative estimate of drug-likeness (QED) is 0.668. The highest BCUT2D eigenvalue weighted by atomic mass is 19.3. The number of hydrogen-bond acceptors (Lipinski definition) is 2. The Balaban J connectivity index is 2.83. The van der Waals surface area contributed by atoms with E-state index >= 15 is 0 Å². The maximum atomic E-state index is 12.4. The molecule has 13 heavy (non-hydrogen) atoms. The Morgan fingerprint density at radius 3 is 2.85 bits per heavy atom. The number of carbonyl (C=O) groups is 1. The van der Waals surface area contributed by atoms with E-state index in [9.17, 15) is 13.6 Å². The summed E-state index contributed by atoms with van der Waals surface area (Å²) in [5, 5.41) is 0. The van der Waals surface area contributed by atoms with E-state index in [2.05, 4.69) is 4.74 Å². The van der Waals surface area contributed by atoms with Gasteiger partial charge in [0.25, 0.3) is 6.43 Å². The summed E-state index contributed by atoms with van der Waals surface area (Å²) in [4.78, 5) is 12.0. The minimum atomic E-state index is -2.57. The third-order valence-electron chi connectivity index (χ3n) is 1.99. The number of alkyl halides is 2. The van der Waals surface area contributed by atoms with E-state index < -0.39 is 18.6 Å². The lowest BCUT2D eigenvalue weighted by Crippen LogP contribution is -2.37. The molecule has 1 aliphatic rings. The summed E-state index contributed by atoms with van der Waals surface area (Å²) in [6, 6.07) is -1.14. The normalized spacial score (nSPS) is 24.1. The molecule has 0 aliphatic carbocycles. The zero-order valence-corrected chi connectivity index (χ0v) is 7.46. The van der Waals surface area contributed by atoms with Gasteiger partial charge in [-0.15, -0.1) is 0 Å². The number of amides is 1. The van der Waals surface area contributed by atoms with E-state index in [1.165, 1.54) is 0 Å². The Labute approximate surface area is 75.0 Å². The molecule has 3 nitrogen and oxygen atoms in total. The Hall–Kier alpha value is -1.13. The van der Waals surface area contributed by atoms with Crippen molar-refractivity contribution in [2.75, 3.05) is 6.61 Å². The number of rotatable bonds is 2. The van der Waals surface area contributed by atoms with Crippen LogP contribution in [-0.4, -0.2) is 30.1 Å². The Morgan fingerprint density at radius 2 is 2.38 bits per heavy atom. The Kier molecular flexibility index (Phi) is 2.85. The summed E-state index contributed by atoms with van der Waals surface area (Å²) in [6.45, 7) is 3.05. The molecule has 0 aromatic rings. The number of halogens is 2. The van der Waals surface area contributed by atoms with Crippen molar-refractivity contribution in [2.45, 2.75) is 26.3 Å². The van der Waals surface area contributed by atoms with Crippen LogP contribution in [0.15, 0.2) is 11.8 Å². The van der Waals surface area contributed by atoms with Crippen LogP contribution < -0.4 is 0 Å².